The highest BCUT2D eigenvalue weighted by Gasteiger charge is 2.36. The third-order valence-electron chi connectivity index (χ3n) is 11.1. The van der Waals surface area contributed by atoms with E-state index in [2.05, 4.69) is 74.5 Å². The molecule has 12 heteroatoms. The molecule has 1 aliphatic rings. The van der Waals surface area contributed by atoms with Crippen LogP contribution in [0.1, 0.15) is 94.5 Å². The van der Waals surface area contributed by atoms with Gasteiger partial charge < -0.3 is 9.80 Å². The van der Waals surface area contributed by atoms with Gasteiger partial charge in [-0.15, -0.1) is 0 Å². The summed E-state index contributed by atoms with van der Waals surface area (Å²) in [6.07, 6.45) is 3.27. The van der Waals surface area contributed by atoms with E-state index in [-0.39, 0.29) is 39.3 Å². The first kappa shape index (κ1) is 49.5. The summed E-state index contributed by atoms with van der Waals surface area (Å²) in [4.78, 5) is 13.9. The van der Waals surface area contributed by atoms with Gasteiger partial charge in [0.1, 0.15) is 47.6 Å². The maximum Gasteiger partial charge on any atom is 0.151 e. The molecule has 0 aromatic heterocycles. The first-order chi connectivity index (χ1) is 30.6. The van der Waals surface area contributed by atoms with Gasteiger partial charge in [-0.3, -0.25) is 0 Å². The summed E-state index contributed by atoms with van der Waals surface area (Å²) in [7, 11) is 0. The number of hydrogen-bond acceptors (Lipinski definition) is 10. The molecule has 0 fully saturated rings. The number of fused-ring (bicyclic) bond motifs is 1. The minimum atomic E-state index is -0.176. The second kappa shape index (κ2) is 22.8. The first-order valence-electron chi connectivity index (χ1n) is 21.0. The van der Waals surface area contributed by atoms with E-state index in [1.807, 2.05) is 62.4 Å². The third kappa shape index (κ3) is 11.6. The zero-order valence-corrected chi connectivity index (χ0v) is 39.1. The van der Waals surface area contributed by atoms with Gasteiger partial charge in [0.25, 0.3) is 0 Å². The molecule has 10 nitrogen and oxygen atoms in total. The second-order valence-corrected chi connectivity index (χ2v) is 16.7. The summed E-state index contributed by atoms with van der Waals surface area (Å²) < 4.78 is 0. The number of hydrogen-bond donors (Lipinski definition) is 0. The molecule has 0 radical (unpaired) electrons. The molecular weight excluding hydrogens is 836 g/mol. The Bertz CT molecular complexity index is 2720. The van der Waals surface area contributed by atoms with Crippen molar-refractivity contribution in [2.75, 3.05) is 29.4 Å². The van der Waals surface area contributed by atoms with Crippen molar-refractivity contribution in [3.8, 4) is 36.4 Å². The largest absolute Gasteiger partial charge is 0.372 e. The van der Waals surface area contributed by atoms with E-state index in [4.69, 9.17) is 28.2 Å². The molecule has 0 saturated carbocycles. The average molecular weight is 886 g/mol. The van der Waals surface area contributed by atoms with E-state index >= 15 is 0 Å². The van der Waals surface area contributed by atoms with Gasteiger partial charge in [0, 0.05) is 57.7 Å². The van der Waals surface area contributed by atoms with Crippen molar-refractivity contribution in [3.63, 3.8) is 0 Å². The molecule has 4 aromatic rings. The van der Waals surface area contributed by atoms with E-state index in [9.17, 15) is 31.6 Å². The minimum Gasteiger partial charge on any atom is -0.372 e. The highest BCUT2D eigenvalue weighted by molar-refractivity contribution is 6.35. The molecular formula is C52H50Cl2N10. The predicted molar refractivity (Wildman–Crippen MR) is 260 cm³/mol. The van der Waals surface area contributed by atoms with Gasteiger partial charge in [0.15, 0.2) is 11.4 Å². The lowest BCUT2D eigenvalue weighted by Crippen LogP contribution is -2.48. The number of aryl methyl sites for hydroxylation is 2. The molecule has 64 heavy (non-hydrogen) atoms. The van der Waals surface area contributed by atoms with Gasteiger partial charge in [0.05, 0.1) is 11.4 Å². The zero-order chi connectivity index (χ0) is 47.1. The number of nitrogens with zero attached hydrogens (tertiary/aromatic N) is 10. The second-order valence-electron chi connectivity index (χ2n) is 15.9. The fourth-order valence-electron chi connectivity index (χ4n) is 7.85. The Morgan fingerprint density at radius 1 is 0.672 bits per heavy atom. The number of rotatable bonds is 12. The van der Waals surface area contributed by atoms with Crippen molar-refractivity contribution in [2.24, 2.45) is 9.98 Å². The van der Waals surface area contributed by atoms with Crippen LogP contribution in [-0.4, -0.2) is 36.6 Å². The molecule has 0 aliphatic carbocycles. The molecule has 5 rings (SSSR count). The number of nitriles is 6. The summed E-state index contributed by atoms with van der Waals surface area (Å²) in [5.41, 5.74) is 7.85. The molecule has 4 aromatic carbocycles. The lowest BCUT2D eigenvalue weighted by Gasteiger charge is -2.48. The van der Waals surface area contributed by atoms with Crippen LogP contribution in [0.2, 0.25) is 10.0 Å². The molecule has 0 amide bonds. The number of halogens is 2. The highest BCUT2D eigenvalue weighted by atomic mass is 35.5. The van der Waals surface area contributed by atoms with Crippen molar-refractivity contribution in [1.29, 1.82) is 31.6 Å². The van der Waals surface area contributed by atoms with E-state index in [0.29, 0.717) is 38.5 Å². The van der Waals surface area contributed by atoms with E-state index in [1.165, 1.54) is 11.3 Å². The van der Waals surface area contributed by atoms with Crippen molar-refractivity contribution in [3.05, 3.63) is 128 Å². The van der Waals surface area contributed by atoms with Gasteiger partial charge in [-0.25, -0.2) is 9.98 Å². The normalized spacial score (nSPS) is 13.8. The molecule has 1 heterocycles. The summed E-state index contributed by atoms with van der Waals surface area (Å²) in [5.74, 6) is 0.331. The number of anilines is 2. The van der Waals surface area contributed by atoms with Crippen LogP contribution in [0.15, 0.2) is 100.0 Å². The maximum absolute atomic E-state index is 10.0. The van der Waals surface area contributed by atoms with E-state index < -0.39 is 0 Å². The summed E-state index contributed by atoms with van der Waals surface area (Å²) in [6, 6.07) is 35.1. The fraction of sp³-hybridized carbons (Fsp3) is 0.308. The van der Waals surface area contributed by atoms with Crippen LogP contribution in [0.4, 0.5) is 22.7 Å². The summed E-state index contributed by atoms with van der Waals surface area (Å²) in [5, 5.41) is 58.8. The Hall–Kier alpha value is -7.18. The van der Waals surface area contributed by atoms with E-state index in [0.717, 1.165) is 55.7 Å². The van der Waals surface area contributed by atoms with Crippen LogP contribution in [0.3, 0.4) is 0 Å². The van der Waals surface area contributed by atoms with Crippen LogP contribution in [0.5, 0.6) is 0 Å². The standard InChI is InChI=1S/C29H30ClN5.C23H20ClN5/c1-6-7-12-35-27-13-19(2)25(14-24(27)20(3)15-29(35,4)5)34-26(18-33)28(22(16-31)17-32)21-8-10-23(30)11-9-21;1-4-29(5-2)20-10-11-21(16(3)12-20)28-22(15-27)23(18(13-25)14-26)17-6-8-19(24)9-7-17/h8-11,13-14,20H,6-7,12,15H2,1-5H3;6-12H,4-5H2,1-3H3. The summed E-state index contributed by atoms with van der Waals surface area (Å²) in [6.45, 7) is 19.9. The fourth-order valence-corrected chi connectivity index (χ4v) is 8.10. The Kier molecular flexibility index (Phi) is 17.6. The van der Waals surface area contributed by atoms with Gasteiger partial charge in [-0.05, 0) is 143 Å². The highest BCUT2D eigenvalue weighted by Crippen LogP contribution is 2.46. The smallest absolute Gasteiger partial charge is 0.151 e. The third-order valence-corrected chi connectivity index (χ3v) is 11.6. The van der Waals surface area contributed by atoms with Crippen LogP contribution >= 0.6 is 23.2 Å². The van der Waals surface area contributed by atoms with Gasteiger partial charge >= 0.3 is 0 Å². The number of aliphatic imine (C=N–C) groups is 2. The Morgan fingerprint density at radius 2 is 1.14 bits per heavy atom. The Balaban J connectivity index is 0.000000286. The first-order valence-corrected chi connectivity index (χ1v) is 21.8. The van der Waals surface area contributed by atoms with Gasteiger partial charge in [-0.2, -0.15) is 31.6 Å². The van der Waals surface area contributed by atoms with Crippen molar-refractivity contribution in [1.82, 2.24) is 0 Å². The van der Waals surface area contributed by atoms with Crippen LogP contribution in [-0.2, 0) is 0 Å². The number of unbranched alkanes of at least 4 members (excludes halogenated alkanes) is 1. The van der Waals surface area contributed by atoms with Crippen molar-refractivity contribution < 1.29 is 0 Å². The van der Waals surface area contributed by atoms with Crippen LogP contribution in [0.25, 0.3) is 11.1 Å². The van der Waals surface area contributed by atoms with Crippen molar-refractivity contribution >= 4 is 68.5 Å². The topological polar surface area (TPSA) is 174 Å². The molecule has 322 valence electrons. The lowest BCUT2D eigenvalue weighted by atomic mass is 9.79. The van der Waals surface area contributed by atoms with Gasteiger partial charge in [-0.1, -0.05) is 67.7 Å². The minimum absolute atomic E-state index is 0.00381. The molecule has 1 atom stereocenters. The molecule has 0 saturated heterocycles. The summed E-state index contributed by atoms with van der Waals surface area (Å²) >= 11 is 12.0. The Morgan fingerprint density at radius 3 is 1.56 bits per heavy atom. The lowest BCUT2D eigenvalue weighted by molar-refractivity contribution is 0.374. The van der Waals surface area contributed by atoms with Crippen LogP contribution in [0, 0.1) is 81.8 Å². The number of benzene rings is 4. The monoisotopic (exact) mass is 884 g/mol. The SMILES string of the molecule is CCCCN1c2cc(C)c(N=C(C#N)C(=C(C#N)C#N)c3ccc(Cl)cc3)cc2C(C)CC1(C)C.CCN(CC)c1ccc(N=C(C#N)C(=C(C#N)C#N)c2ccc(Cl)cc2)c(C)c1. The molecule has 0 bridgehead atoms. The van der Waals surface area contributed by atoms with Gasteiger partial charge in [0.2, 0.25) is 0 Å². The molecule has 1 aliphatic heterocycles. The van der Waals surface area contributed by atoms with E-state index in [1.54, 1.807) is 48.5 Å². The molecule has 1 unspecified atom stereocenters. The molecule has 0 spiro atoms. The Labute approximate surface area is 388 Å². The molecule has 0 N–H and O–H groups in total. The van der Waals surface area contributed by atoms with Crippen molar-refractivity contribution in [2.45, 2.75) is 86.1 Å². The number of allylic oxidation sites excluding steroid dienone is 4. The average Bonchev–Trinajstić information content (AvgIpc) is 3.28. The zero-order valence-electron chi connectivity index (χ0n) is 37.6. The quantitative estimate of drug-likeness (QED) is 0.0997. The predicted octanol–water partition coefficient (Wildman–Crippen LogP) is 13.2. The maximum atomic E-state index is 10.0. The van der Waals surface area contributed by atoms with Crippen LogP contribution < -0.4 is 9.80 Å².